The standard InChI is InChI=1S/C12H16O2S2/c1-10-4-6-12(7-5-10)16(13,14)9-8-11(2)15-3/h4-8H,9H2,1-3H3/b11-8+. The van der Waals surface area contributed by atoms with Crippen molar-refractivity contribution in [3.63, 3.8) is 0 Å². The summed E-state index contributed by atoms with van der Waals surface area (Å²) in [5.41, 5.74) is 1.06. The van der Waals surface area contributed by atoms with Gasteiger partial charge < -0.3 is 0 Å². The Morgan fingerprint density at radius 1 is 1.31 bits per heavy atom. The Bertz CT molecular complexity index is 470. The van der Waals surface area contributed by atoms with E-state index in [1.54, 1.807) is 30.0 Å². The Kier molecular flexibility index (Phi) is 4.62. The first-order valence-corrected chi connectivity index (χ1v) is 7.83. The summed E-state index contributed by atoms with van der Waals surface area (Å²) in [7, 11) is -3.17. The molecule has 0 bridgehead atoms. The normalized spacial score (nSPS) is 12.8. The third-order valence-electron chi connectivity index (χ3n) is 2.29. The van der Waals surface area contributed by atoms with Crippen molar-refractivity contribution in [1.29, 1.82) is 0 Å². The van der Waals surface area contributed by atoms with Gasteiger partial charge in [0, 0.05) is 0 Å². The average Bonchev–Trinajstić information content (AvgIpc) is 2.26. The number of hydrogen-bond acceptors (Lipinski definition) is 3. The van der Waals surface area contributed by atoms with Gasteiger partial charge in [-0.15, -0.1) is 11.8 Å². The van der Waals surface area contributed by atoms with Gasteiger partial charge in [0.15, 0.2) is 9.84 Å². The monoisotopic (exact) mass is 256 g/mol. The zero-order valence-corrected chi connectivity index (χ0v) is 11.4. The molecular weight excluding hydrogens is 240 g/mol. The van der Waals surface area contributed by atoms with Gasteiger partial charge in [0.1, 0.15) is 0 Å². The minimum absolute atomic E-state index is 0.0722. The molecule has 2 nitrogen and oxygen atoms in total. The second kappa shape index (κ2) is 5.55. The number of sulfone groups is 1. The van der Waals surface area contributed by atoms with E-state index >= 15 is 0 Å². The lowest BCUT2D eigenvalue weighted by molar-refractivity contribution is 0.599. The Morgan fingerprint density at radius 3 is 2.38 bits per heavy atom. The molecule has 1 aromatic carbocycles. The number of allylic oxidation sites excluding steroid dienone is 1. The van der Waals surface area contributed by atoms with E-state index < -0.39 is 9.84 Å². The molecule has 16 heavy (non-hydrogen) atoms. The van der Waals surface area contributed by atoms with Gasteiger partial charge in [-0.05, 0) is 37.1 Å². The minimum Gasteiger partial charge on any atom is -0.223 e. The highest BCUT2D eigenvalue weighted by molar-refractivity contribution is 8.02. The van der Waals surface area contributed by atoms with Crippen LogP contribution in [0, 0.1) is 6.92 Å². The van der Waals surface area contributed by atoms with Crippen LogP contribution in [0.25, 0.3) is 0 Å². The second-order valence-corrected chi connectivity index (χ2v) is 6.70. The number of aryl methyl sites for hydroxylation is 1. The summed E-state index contributed by atoms with van der Waals surface area (Å²) >= 11 is 1.56. The number of rotatable bonds is 4. The molecule has 0 amide bonds. The molecule has 1 aromatic rings. The van der Waals surface area contributed by atoms with Crippen molar-refractivity contribution in [2.75, 3.05) is 12.0 Å². The minimum atomic E-state index is -3.17. The molecule has 0 aromatic heterocycles. The first-order valence-electron chi connectivity index (χ1n) is 4.96. The van der Waals surface area contributed by atoms with Crippen molar-refractivity contribution in [2.24, 2.45) is 0 Å². The van der Waals surface area contributed by atoms with Crippen LogP contribution in [-0.4, -0.2) is 20.4 Å². The highest BCUT2D eigenvalue weighted by Gasteiger charge is 2.11. The summed E-state index contributed by atoms with van der Waals surface area (Å²) in [6.45, 7) is 3.85. The van der Waals surface area contributed by atoms with E-state index in [9.17, 15) is 8.42 Å². The van der Waals surface area contributed by atoms with Crippen molar-refractivity contribution < 1.29 is 8.42 Å². The first kappa shape index (κ1) is 13.3. The summed E-state index contributed by atoms with van der Waals surface area (Å²) in [5.74, 6) is 0.0722. The van der Waals surface area contributed by atoms with E-state index in [2.05, 4.69) is 0 Å². The fraction of sp³-hybridized carbons (Fsp3) is 0.333. The second-order valence-electron chi connectivity index (χ2n) is 3.61. The molecule has 0 N–H and O–H groups in total. The summed E-state index contributed by atoms with van der Waals surface area (Å²) in [4.78, 5) is 1.42. The van der Waals surface area contributed by atoms with Gasteiger partial charge in [-0.3, -0.25) is 0 Å². The molecule has 0 saturated heterocycles. The van der Waals surface area contributed by atoms with Gasteiger partial charge >= 0.3 is 0 Å². The molecule has 0 fully saturated rings. The van der Waals surface area contributed by atoms with Gasteiger partial charge in [0.2, 0.25) is 0 Å². The molecule has 0 atom stereocenters. The summed E-state index contributed by atoms with van der Waals surface area (Å²) in [5, 5.41) is 0. The predicted octanol–water partition coefficient (Wildman–Crippen LogP) is 3.04. The van der Waals surface area contributed by atoms with Crippen molar-refractivity contribution in [2.45, 2.75) is 18.7 Å². The quantitative estimate of drug-likeness (QED) is 0.830. The van der Waals surface area contributed by atoms with E-state index in [4.69, 9.17) is 0 Å². The molecule has 0 aliphatic carbocycles. The van der Waals surface area contributed by atoms with E-state index in [-0.39, 0.29) is 5.75 Å². The molecule has 0 unspecified atom stereocenters. The molecule has 0 saturated carbocycles. The van der Waals surface area contributed by atoms with Crippen molar-refractivity contribution in [1.82, 2.24) is 0 Å². The summed E-state index contributed by atoms with van der Waals surface area (Å²) < 4.78 is 23.8. The van der Waals surface area contributed by atoms with Crippen LogP contribution < -0.4 is 0 Å². The highest BCUT2D eigenvalue weighted by atomic mass is 32.2. The smallest absolute Gasteiger partial charge is 0.181 e. The van der Waals surface area contributed by atoms with Crippen LogP contribution in [0.4, 0.5) is 0 Å². The maximum absolute atomic E-state index is 11.9. The first-order chi connectivity index (χ1) is 7.45. The molecule has 0 aliphatic rings. The van der Waals surface area contributed by atoms with Crippen molar-refractivity contribution >= 4 is 21.6 Å². The van der Waals surface area contributed by atoms with Crippen molar-refractivity contribution in [3.8, 4) is 0 Å². The van der Waals surface area contributed by atoms with E-state index in [1.807, 2.05) is 32.2 Å². The predicted molar refractivity (Wildman–Crippen MR) is 70.5 cm³/mol. The van der Waals surface area contributed by atoms with Crippen LogP contribution in [-0.2, 0) is 9.84 Å². The van der Waals surface area contributed by atoms with Gasteiger partial charge in [0.05, 0.1) is 10.6 Å². The zero-order valence-electron chi connectivity index (χ0n) is 9.73. The maximum Gasteiger partial charge on any atom is 0.181 e. The van der Waals surface area contributed by atoms with Crippen LogP contribution in [0.15, 0.2) is 40.1 Å². The van der Waals surface area contributed by atoms with E-state index in [0.29, 0.717) is 4.90 Å². The lowest BCUT2D eigenvalue weighted by atomic mass is 10.2. The molecular formula is C12H16O2S2. The third kappa shape index (κ3) is 3.68. The highest BCUT2D eigenvalue weighted by Crippen LogP contribution is 2.15. The Hall–Kier alpha value is -0.740. The van der Waals surface area contributed by atoms with E-state index in [1.165, 1.54) is 0 Å². The molecule has 0 spiro atoms. The van der Waals surface area contributed by atoms with Crippen molar-refractivity contribution in [3.05, 3.63) is 40.8 Å². The Balaban J connectivity index is 2.91. The summed E-state index contributed by atoms with van der Waals surface area (Å²) in [6, 6.07) is 6.95. The van der Waals surface area contributed by atoms with Crippen LogP contribution >= 0.6 is 11.8 Å². The maximum atomic E-state index is 11.9. The van der Waals surface area contributed by atoms with Gasteiger partial charge in [0.25, 0.3) is 0 Å². The van der Waals surface area contributed by atoms with Crippen LogP contribution in [0.1, 0.15) is 12.5 Å². The fourth-order valence-electron chi connectivity index (χ4n) is 1.15. The molecule has 88 valence electrons. The largest absolute Gasteiger partial charge is 0.223 e. The van der Waals surface area contributed by atoms with E-state index in [0.717, 1.165) is 10.5 Å². The Morgan fingerprint density at radius 2 is 1.88 bits per heavy atom. The lowest BCUT2D eigenvalue weighted by Crippen LogP contribution is -2.04. The third-order valence-corrected chi connectivity index (χ3v) is 4.70. The summed E-state index contributed by atoms with van der Waals surface area (Å²) in [6.07, 6.45) is 3.68. The fourth-order valence-corrected chi connectivity index (χ4v) is 2.72. The van der Waals surface area contributed by atoms with Gasteiger partial charge in [-0.1, -0.05) is 23.8 Å². The SMILES string of the molecule is CS/C(C)=C/CS(=O)(=O)c1ccc(C)cc1. The topological polar surface area (TPSA) is 34.1 Å². The molecule has 0 radical (unpaired) electrons. The molecule has 4 heteroatoms. The van der Waals surface area contributed by atoms with Gasteiger partial charge in [-0.2, -0.15) is 0 Å². The Labute approximate surface area is 102 Å². The average molecular weight is 256 g/mol. The number of thioether (sulfide) groups is 1. The number of hydrogen-bond donors (Lipinski definition) is 0. The number of benzene rings is 1. The van der Waals surface area contributed by atoms with Crippen LogP contribution in [0.2, 0.25) is 0 Å². The molecule has 1 rings (SSSR count). The van der Waals surface area contributed by atoms with Crippen LogP contribution in [0.3, 0.4) is 0 Å². The van der Waals surface area contributed by atoms with Gasteiger partial charge in [-0.25, -0.2) is 8.42 Å². The molecule has 0 aliphatic heterocycles. The zero-order chi connectivity index (χ0) is 12.2. The van der Waals surface area contributed by atoms with Crippen LogP contribution in [0.5, 0.6) is 0 Å². The molecule has 0 heterocycles. The lowest BCUT2D eigenvalue weighted by Gasteiger charge is -2.02.